The Hall–Kier alpha value is -1.80. The third-order valence-electron chi connectivity index (χ3n) is 2.66. The Morgan fingerprint density at radius 1 is 1.00 bits per heavy atom. The van der Waals surface area contributed by atoms with Gasteiger partial charge in [0, 0.05) is 5.56 Å². The van der Waals surface area contributed by atoms with Crippen molar-refractivity contribution < 1.29 is 0 Å². The van der Waals surface area contributed by atoms with Crippen molar-refractivity contribution in [2.45, 2.75) is 13.3 Å². The molecule has 0 amide bonds. The van der Waals surface area contributed by atoms with Crippen LogP contribution in [0, 0.1) is 0 Å². The largest absolute Gasteiger partial charge is 0.383 e. The number of rotatable bonds is 3. The van der Waals surface area contributed by atoms with E-state index in [1.165, 1.54) is 5.56 Å². The van der Waals surface area contributed by atoms with E-state index >= 15 is 0 Å². The Labute approximate surface area is 114 Å². The smallest absolute Gasteiger partial charge is 0.131 e. The van der Waals surface area contributed by atoms with Crippen molar-refractivity contribution >= 4 is 23.9 Å². The van der Waals surface area contributed by atoms with Gasteiger partial charge in [0.05, 0.1) is 5.69 Å². The molecule has 0 unspecified atom stereocenters. The summed E-state index contributed by atoms with van der Waals surface area (Å²) in [5.74, 6) is 0.551. The summed E-state index contributed by atoms with van der Waals surface area (Å²) in [6.45, 7) is 2.14. The number of hydrogen-bond donors (Lipinski definition) is 1. The van der Waals surface area contributed by atoms with E-state index in [4.69, 9.17) is 5.73 Å². The minimum atomic E-state index is 0. The number of nitrogens with two attached hydrogens (primary N) is 1. The van der Waals surface area contributed by atoms with Crippen LogP contribution in [0.3, 0.4) is 0 Å². The first-order chi connectivity index (χ1) is 8.29. The summed E-state index contributed by atoms with van der Waals surface area (Å²) in [7, 11) is 0. The highest BCUT2D eigenvalue weighted by atomic mass is 35.5. The molecule has 0 bridgehead atoms. The van der Waals surface area contributed by atoms with Gasteiger partial charge in [0.1, 0.15) is 5.84 Å². The van der Waals surface area contributed by atoms with Crippen molar-refractivity contribution in [3.63, 3.8) is 0 Å². The van der Waals surface area contributed by atoms with Crippen LogP contribution in [0.2, 0.25) is 0 Å². The van der Waals surface area contributed by atoms with Crippen molar-refractivity contribution in [2.24, 2.45) is 10.7 Å². The number of hydrogen-bond acceptors (Lipinski definition) is 1. The lowest BCUT2D eigenvalue weighted by Gasteiger charge is -2.01. The maximum absolute atomic E-state index is 5.95. The zero-order chi connectivity index (χ0) is 12.1. The summed E-state index contributed by atoms with van der Waals surface area (Å²) in [4.78, 5) is 4.40. The van der Waals surface area contributed by atoms with Crippen molar-refractivity contribution in [1.29, 1.82) is 0 Å². The number of halogens is 1. The average Bonchev–Trinajstić information content (AvgIpc) is 2.40. The Morgan fingerprint density at radius 3 is 2.17 bits per heavy atom. The Morgan fingerprint density at radius 2 is 1.61 bits per heavy atom. The number of amidine groups is 1. The zero-order valence-electron chi connectivity index (χ0n) is 10.3. The lowest BCUT2D eigenvalue weighted by molar-refractivity contribution is 1.14. The normalized spacial score (nSPS) is 10.8. The lowest BCUT2D eigenvalue weighted by atomic mass is 10.1. The maximum atomic E-state index is 5.95. The van der Waals surface area contributed by atoms with Crippen molar-refractivity contribution in [3.8, 4) is 0 Å². The molecule has 2 rings (SSSR count). The number of aryl methyl sites for hydroxylation is 1. The second kappa shape index (κ2) is 6.82. The molecular formula is C15H17ClN2. The van der Waals surface area contributed by atoms with Crippen LogP contribution in [-0.2, 0) is 6.42 Å². The molecule has 0 aliphatic heterocycles. The molecule has 2 aromatic rings. The van der Waals surface area contributed by atoms with Crippen LogP contribution in [0.4, 0.5) is 5.69 Å². The molecule has 3 heteroatoms. The van der Waals surface area contributed by atoms with E-state index in [-0.39, 0.29) is 12.4 Å². The third-order valence-corrected chi connectivity index (χ3v) is 2.66. The van der Waals surface area contributed by atoms with Gasteiger partial charge in [0.2, 0.25) is 0 Å². The minimum absolute atomic E-state index is 0. The van der Waals surface area contributed by atoms with Gasteiger partial charge in [-0.05, 0) is 24.1 Å². The zero-order valence-corrected chi connectivity index (χ0v) is 11.2. The first-order valence-electron chi connectivity index (χ1n) is 5.78. The van der Waals surface area contributed by atoms with Crippen LogP contribution in [-0.4, -0.2) is 5.84 Å². The molecule has 0 saturated carbocycles. The molecule has 0 radical (unpaired) electrons. The van der Waals surface area contributed by atoms with Crippen LogP contribution < -0.4 is 5.73 Å². The van der Waals surface area contributed by atoms with E-state index in [9.17, 15) is 0 Å². The van der Waals surface area contributed by atoms with Gasteiger partial charge in [-0.25, -0.2) is 4.99 Å². The van der Waals surface area contributed by atoms with Crippen LogP contribution in [0.5, 0.6) is 0 Å². The molecule has 0 heterocycles. The molecule has 0 fully saturated rings. The first kappa shape index (κ1) is 14.3. The summed E-state index contributed by atoms with van der Waals surface area (Å²) in [5, 5.41) is 0. The second-order valence-corrected chi connectivity index (χ2v) is 3.88. The van der Waals surface area contributed by atoms with Gasteiger partial charge in [-0.3, -0.25) is 0 Å². The SMILES string of the molecule is CCc1ccc(N=C(N)c2ccccc2)cc1.Cl. The Kier molecular flexibility index (Phi) is 5.40. The summed E-state index contributed by atoms with van der Waals surface area (Å²) in [5.41, 5.74) is 9.10. The molecule has 2 N–H and O–H groups in total. The molecule has 94 valence electrons. The third kappa shape index (κ3) is 3.60. The number of benzene rings is 2. The van der Waals surface area contributed by atoms with Crippen molar-refractivity contribution in [3.05, 3.63) is 65.7 Å². The number of nitrogens with zero attached hydrogens (tertiary/aromatic N) is 1. The minimum Gasteiger partial charge on any atom is -0.383 e. The van der Waals surface area contributed by atoms with Crippen molar-refractivity contribution in [1.82, 2.24) is 0 Å². The molecule has 0 aromatic heterocycles. The van der Waals surface area contributed by atoms with E-state index in [0.717, 1.165) is 17.7 Å². The van der Waals surface area contributed by atoms with Crippen LogP contribution in [0.25, 0.3) is 0 Å². The highest BCUT2D eigenvalue weighted by Gasteiger charge is 1.97. The van der Waals surface area contributed by atoms with Crippen molar-refractivity contribution in [2.75, 3.05) is 0 Å². The lowest BCUT2D eigenvalue weighted by Crippen LogP contribution is -2.12. The molecule has 2 nitrogen and oxygen atoms in total. The van der Waals surface area contributed by atoms with Gasteiger partial charge in [-0.2, -0.15) is 0 Å². The Balaban J connectivity index is 0.00000162. The van der Waals surface area contributed by atoms with Gasteiger partial charge >= 0.3 is 0 Å². The highest BCUT2D eigenvalue weighted by molar-refractivity contribution is 5.98. The molecule has 0 atom stereocenters. The van der Waals surface area contributed by atoms with Crippen LogP contribution in [0.1, 0.15) is 18.1 Å². The molecule has 0 aliphatic rings. The number of aliphatic imine (C=N–C) groups is 1. The highest BCUT2D eigenvalue weighted by Crippen LogP contribution is 2.14. The Bertz CT molecular complexity index is 504. The quantitative estimate of drug-likeness (QED) is 0.663. The molecule has 0 aliphatic carbocycles. The van der Waals surface area contributed by atoms with Crippen LogP contribution >= 0.6 is 12.4 Å². The average molecular weight is 261 g/mol. The summed E-state index contributed by atoms with van der Waals surface area (Å²) < 4.78 is 0. The van der Waals surface area contributed by atoms with Gasteiger partial charge in [0.15, 0.2) is 0 Å². The van der Waals surface area contributed by atoms with Crippen LogP contribution in [0.15, 0.2) is 59.6 Å². The predicted molar refractivity (Wildman–Crippen MR) is 79.9 cm³/mol. The van der Waals surface area contributed by atoms with Gasteiger partial charge < -0.3 is 5.73 Å². The fourth-order valence-electron chi connectivity index (χ4n) is 1.62. The van der Waals surface area contributed by atoms with Gasteiger partial charge in [0.25, 0.3) is 0 Å². The molecule has 0 spiro atoms. The monoisotopic (exact) mass is 260 g/mol. The molecule has 18 heavy (non-hydrogen) atoms. The summed E-state index contributed by atoms with van der Waals surface area (Å²) >= 11 is 0. The predicted octanol–water partition coefficient (Wildman–Crippen LogP) is 3.71. The molecule has 2 aromatic carbocycles. The van der Waals surface area contributed by atoms with Gasteiger partial charge in [-0.1, -0.05) is 49.4 Å². The van der Waals surface area contributed by atoms with E-state index in [1.54, 1.807) is 0 Å². The fraction of sp³-hybridized carbons (Fsp3) is 0.133. The maximum Gasteiger partial charge on any atom is 0.131 e. The van der Waals surface area contributed by atoms with E-state index in [2.05, 4.69) is 24.0 Å². The molecular weight excluding hydrogens is 244 g/mol. The van der Waals surface area contributed by atoms with Gasteiger partial charge in [-0.15, -0.1) is 12.4 Å². The van der Waals surface area contributed by atoms with E-state index in [1.807, 2.05) is 42.5 Å². The van der Waals surface area contributed by atoms with E-state index in [0.29, 0.717) is 5.84 Å². The second-order valence-electron chi connectivity index (χ2n) is 3.88. The standard InChI is InChI=1S/C15H16N2.ClH/c1-2-12-8-10-14(11-9-12)17-15(16)13-6-4-3-5-7-13;/h3-11H,2H2,1H3,(H2,16,17);1H. The summed E-state index contributed by atoms with van der Waals surface area (Å²) in [6.07, 6.45) is 1.04. The molecule has 0 saturated heterocycles. The first-order valence-corrected chi connectivity index (χ1v) is 5.78. The van der Waals surface area contributed by atoms with E-state index < -0.39 is 0 Å². The summed E-state index contributed by atoms with van der Waals surface area (Å²) in [6, 6.07) is 17.9. The fourth-order valence-corrected chi connectivity index (χ4v) is 1.62. The topological polar surface area (TPSA) is 38.4 Å².